The summed E-state index contributed by atoms with van der Waals surface area (Å²) in [7, 11) is 1.84. The molecule has 0 aliphatic heterocycles. The minimum absolute atomic E-state index is 0.0000337. The molecule has 0 fully saturated rings. The Labute approximate surface area is 236 Å². The topological polar surface area (TPSA) is 105 Å². The van der Waals surface area contributed by atoms with E-state index in [0.29, 0.717) is 31.7 Å². The summed E-state index contributed by atoms with van der Waals surface area (Å²) in [5, 5.41) is 8.50. The van der Waals surface area contributed by atoms with Gasteiger partial charge in [-0.3, -0.25) is 4.79 Å². The van der Waals surface area contributed by atoms with Crippen molar-refractivity contribution in [2.75, 3.05) is 25.5 Å². The largest absolute Gasteiger partial charge is 0.493 e. The molecule has 1 unspecified atom stereocenters. The lowest BCUT2D eigenvalue weighted by atomic mass is 10.1. The van der Waals surface area contributed by atoms with Gasteiger partial charge in [0.25, 0.3) is 0 Å². The van der Waals surface area contributed by atoms with E-state index in [1.807, 2.05) is 45.0 Å². The molecule has 1 atom stereocenters. The molecule has 1 amide bonds. The molecule has 0 heterocycles. The van der Waals surface area contributed by atoms with E-state index >= 15 is 0 Å². The van der Waals surface area contributed by atoms with Gasteiger partial charge >= 0.3 is 0 Å². The van der Waals surface area contributed by atoms with E-state index < -0.39 is 35.0 Å². The number of carbonyl (C=O) groups excluding carboxylic acids is 2. The number of hydrogen-bond donors (Lipinski definition) is 4. The predicted molar refractivity (Wildman–Crippen MR) is 148 cm³/mol. The molecule has 0 spiro atoms. The summed E-state index contributed by atoms with van der Waals surface area (Å²) < 4.78 is 72.0. The van der Waals surface area contributed by atoms with Crippen molar-refractivity contribution >= 4 is 18.4 Å². The Morgan fingerprint density at radius 3 is 2.00 bits per heavy atom. The number of ether oxygens (including phenoxy) is 1. The molecule has 0 aliphatic carbocycles. The first-order chi connectivity index (χ1) is 19.6. The Morgan fingerprint density at radius 1 is 0.927 bits per heavy atom. The smallest absolute Gasteiger partial charge is 0.217 e. The van der Waals surface area contributed by atoms with Crippen molar-refractivity contribution in [2.24, 2.45) is 5.73 Å². The zero-order valence-electron chi connectivity index (χ0n) is 23.1. The van der Waals surface area contributed by atoms with Crippen molar-refractivity contribution in [1.29, 1.82) is 0 Å². The Bertz CT molecular complexity index is 1220. The first kappa shape index (κ1) is 35.0. The summed E-state index contributed by atoms with van der Waals surface area (Å²) in [6, 6.07) is 11.3. The van der Waals surface area contributed by atoms with Crippen molar-refractivity contribution in [3.05, 3.63) is 94.3 Å². The zero-order chi connectivity index (χ0) is 30.9. The highest BCUT2D eigenvalue weighted by Gasteiger charge is 2.15. The summed E-state index contributed by atoms with van der Waals surface area (Å²) in [4.78, 5) is 18.5. The van der Waals surface area contributed by atoms with Crippen LogP contribution in [0.1, 0.15) is 43.0 Å². The fraction of sp³-hybridized carbons (Fsp3) is 0.310. The van der Waals surface area contributed by atoms with Crippen LogP contribution in [0.5, 0.6) is 5.75 Å². The molecule has 7 nitrogen and oxygen atoms in total. The van der Waals surface area contributed by atoms with Gasteiger partial charge in [0.15, 0.2) is 0 Å². The number of para-hydroxylation sites is 1. The third kappa shape index (κ3) is 11.5. The number of halogens is 5. The molecule has 0 aromatic heterocycles. The third-order valence-electron chi connectivity index (χ3n) is 5.63. The molecule has 0 aliphatic rings. The van der Waals surface area contributed by atoms with E-state index in [1.54, 1.807) is 0 Å². The minimum Gasteiger partial charge on any atom is -0.493 e. The van der Waals surface area contributed by atoms with E-state index in [-0.39, 0.29) is 36.0 Å². The maximum Gasteiger partial charge on any atom is 0.217 e. The first-order valence-corrected chi connectivity index (χ1v) is 12.5. The molecule has 3 aromatic rings. The standard InChI is InChI=1S/C19H25F2N3O.C9H8F3NO.CH2O/c1-13(15-6-3-4-7-19(15)23-2)24-12-16-17(20)10-14(11-18(16)21)25-9-5-8-22;1-5(14)13-4-7-8(11)2-6(10)3-9(7)12;1-2/h3-4,6-7,10-11,13,23-24H,5,8-9,12,22H2,1-2H3;2-3H,4H2,1H3,(H,13,14);1H2. The fourth-order valence-electron chi connectivity index (χ4n) is 3.53. The van der Waals surface area contributed by atoms with Gasteiger partial charge < -0.3 is 31.2 Å². The maximum absolute atomic E-state index is 14.2. The Kier molecular flexibility index (Phi) is 15.7. The van der Waals surface area contributed by atoms with Crippen molar-refractivity contribution in [2.45, 2.75) is 39.4 Å². The lowest BCUT2D eigenvalue weighted by molar-refractivity contribution is -0.119. The Balaban J connectivity index is 0.000000445. The van der Waals surface area contributed by atoms with E-state index in [1.165, 1.54) is 19.1 Å². The molecule has 0 radical (unpaired) electrons. The van der Waals surface area contributed by atoms with Crippen molar-refractivity contribution in [3.8, 4) is 5.75 Å². The van der Waals surface area contributed by atoms with Crippen LogP contribution in [0.25, 0.3) is 0 Å². The minimum atomic E-state index is -1.00. The van der Waals surface area contributed by atoms with Crippen LogP contribution in [-0.2, 0) is 22.7 Å². The average molecular weight is 583 g/mol. The second-order valence-corrected chi connectivity index (χ2v) is 8.55. The van der Waals surface area contributed by atoms with Gasteiger partial charge in [-0.1, -0.05) is 18.2 Å². The fourth-order valence-corrected chi connectivity index (χ4v) is 3.53. The second kappa shape index (κ2) is 18.3. The van der Waals surface area contributed by atoms with Gasteiger partial charge in [-0.15, -0.1) is 0 Å². The van der Waals surface area contributed by atoms with Gasteiger partial charge in [-0.25, -0.2) is 22.0 Å². The van der Waals surface area contributed by atoms with Crippen LogP contribution < -0.4 is 26.4 Å². The van der Waals surface area contributed by atoms with E-state index in [9.17, 15) is 26.7 Å². The summed E-state index contributed by atoms with van der Waals surface area (Å²) in [5.41, 5.74) is 7.04. The average Bonchev–Trinajstić information content (AvgIpc) is 2.93. The number of anilines is 1. The summed E-state index contributed by atoms with van der Waals surface area (Å²) >= 11 is 0. The highest BCUT2D eigenvalue weighted by molar-refractivity contribution is 5.72. The van der Waals surface area contributed by atoms with Gasteiger partial charge in [-0.2, -0.15) is 0 Å². The van der Waals surface area contributed by atoms with Gasteiger partial charge in [-0.05, 0) is 31.5 Å². The molecular weight excluding hydrogens is 547 g/mol. The van der Waals surface area contributed by atoms with E-state index in [2.05, 4.69) is 16.0 Å². The number of nitrogens with two attached hydrogens (primary N) is 1. The molecule has 0 saturated carbocycles. The predicted octanol–water partition coefficient (Wildman–Crippen LogP) is 5.14. The molecule has 3 rings (SSSR count). The summed E-state index contributed by atoms with van der Waals surface area (Å²) in [6.07, 6.45) is 0.634. The van der Waals surface area contributed by atoms with Crippen molar-refractivity contribution in [3.63, 3.8) is 0 Å². The highest BCUT2D eigenvalue weighted by Crippen LogP contribution is 2.25. The zero-order valence-corrected chi connectivity index (χ0v) is 23.1. The van der Waals surface area contributed by atoms with Crippen LogP contribution in [0.2, 0.25) is 0 Å². The summed E-state index contributed by atoms with van der Waals surface area (Å²) in [5.74, 6) is -4.46. The first-order valence-electron chi connectivity index (χ1n) is 12.5. The number of rotatable bonds is 11. The van der Waals surface area contributed by atoms with Crippen LogP contribution in [0.15, 0.2) is 48.5 Å². The van der Waals surface area contributed by atoms with Crippen LogP contribution in [-0.4, -0.2) is 32.9 Å². The Morgan fingerprint density at radius 2 is 1.46 bits per heavy atom. The highest BCUT2D eigenvalue weighted by atomic mass is 19.2. The number of carbonyl (C=O) groups is 2. The lowest BCUT2D eigenvalue weighted by Crippen LogP contribution is -2.20. The Hall–Kier alpha value is -4.03. The quantitative estimate of drug-likeness (QED) is 0.184. The van der Waals surface area contributed by atoms with Gasteiger partial charge in [0.1, 0.15) is 41.6 Å². The molecule has 0 bridgehead atoms. The maximum atomic E-state index is 14.2. The van der Waals surface area contributed by atoms with Crippen LogP contribution in [0, 0.1) is 29.1 Å². The van der Waals surface area contributed by atoms with Gasteiger partial charge in [0.05, 0.1) is 6.61 Å². The van der Waals surface area contributed by atoms with Crippen LogP contribution in [0.4, 0.5) is 27.6 Å². The third-order valence-corrected chi connectivity index (χ3v) is 5.63. The monoisotopic (exact) mass is 582 g/mol. The van der Waals surface area contributed by atoms with Crippen molar-refractivity contribution in [1.82, 2.24) is 10.6 Å². The second-order valence-electron chi connectivity index (χ2n) is 8.55. The number of amides is 1. The molecule has 0 saturated heterocycles. The molecule has 12 heteroatoms. The van der Waals surface area contributed by atoms with Gasteiger partial charge in [0, 0.05) is 74.2 Å². The SMILES string of the molecule is C=O.CC(=O)NCc1c(F)cc(F)cc1F.CNc1ccccc1C(C)NCc1c(F)cc(OCCCN)cc1F. The molecule has 41 heavy (non-hydrogen) atoms. The van der Waals surface area contributed by atoms with E-state index in [0.717, 1.165) is 11.3 Å². The molecule has 224 valence electrons. The number of benzene rings is 3. The molecule has 3 aromatic carbocycles. The van der Waals surface area contributed by atoms with E-state index in [4.69, 9.17) is 15.3 Å². The van der Waals surface area contributed by atoms with Crippen LogP contribution >= 0.6 is 0 Å². The van der Waals surface area contributed by atoms with Gasteiger partial charge in [0.2, 0.25) is 5.91 Å². The lowest BCUT2D eigenvalue weighted by Gasteiger charge is -2.18. The molecule has 5 N–H and O–H groups in total. The van der Waals surface area contributed by atoms with Crippen molar-refractivity contribution < 1.29 is 36.3 Å². The number of hydrogen-bond acceptors (Lipinski definition) is 6. The summed E-state index contributed by atoms with van der Waals surface area (Å²) in [6.45, 7) is 5.78. The molecular formula is C29H35F5N4O3. The normalized spacial score (nSPS) is 10.9. The number of nitrogens with one attached hydrogen (secondary N) is 3. The van der Waals surface area contributed by atoms with Crippen LogP contribution in [0.3, 0.4) is 0 Å².